The molecule has 0 radical (unpaired) electrons. The standard InChI is InChI=1S/C24H27ClN4O3S/c1-30-13-12-28-11-5-7-20(28)23-22(19-6-3-4-10-26-19)27-24(33)29(23)17-8-9-21(18(25)16-17)32-15-14-31-2/h3-11,16,22-23H,12-15H2,1-2H3,(H,27,33). The quantitative estimate of drug-likeness (QED) is 0.337. The summed E-state index contributed by atoms with van der Waals surface area (Å²) in [5.74, 6) is 0.608. The van der Waals surface area contributed by atoms with Crippen LogP contribution in [0.1, 0.15) is 23.5 Å². The summed E-state index contributed by atoms with van der Waals surface area (Å²) in [6.07, 6.45) is 3.86. The molecule has 0 amide bonds. The van der Waals surface area contributed by atoms with Crippen molar-refractivity contribution in [2.75, 3.05) is 38.9 Å². The average Bonchev–Trinajstić information content (AvgIpc) is 3.43. The molecule has 33 heavy (non-hydrogen) atoms. The molecule has 1 aliphatic rings. The lowest BCUT2D eigenvalue weighted by Gasteiger charge is -2.29. The summed E-state index contributed by atoms with van der Waals surface area (Å²) in [6.45, 7) is 2.26. The molecule has 0 aliphatic carbocycles. The zero-order valence-electron chi connectivity index (χ0n) is 18.6. The van der Waals surface area contributed by atoms with Gasteiger partial charge in [0.15, 0.2) is 5.11 Å². The number of benzene rings is 1. The molecule has 3 aromatic rings. The van der Waals surface area contributed by atoms with E-state index >= 15 is 0 Å². The van der Waals surface area contributed by atoms with Crippen molar-refractivity contribution >= 4 is 34.6 Å². The fourth-order valence-electron chi connectivity index (χ4n) is 4.01. The Morgan fingerprint density at radius 3 is 2.64 bits per heavy atom. The van der Waals surface area contributed by atoms with Gasteiger partial charge in [-0.2, -0.15) is 0 Å². The predicted octanol–water partition coefficient (Wildman–Crippen LogP) is 4.39. The van der Waals surface area contributed by atoms with Crippen LogP contribution in [0.2, 0.25) is 5.02 Å². The van der Waals surface area contributed by atoms with E-state index in [-0.39, 0.29) is 12.1 Å². The van der Waals surface area contributed by atoms with E-state index in [1.165, 1.54) is 0 Å². The van der Waals surface area contributed by atoms with Crippen LogP contribution in [0.15, 0.2) is 60.9 Å². The van der Waals surface area contributed by atoms with Gasteiger partial charge in [-0.05, 0) is 54.7 Å². The molecule has 0 saturated carbocycles. The van der Waals surface area contributed by atoms with Crippen LogP contribution in [0.25, 0.3) is 0 Å². The molecule has 9 heteroatoms. The second-order valence-electron chi connectivity index (χ2n) is 7.57. The number of aromatic nitrogens is 2. The zero-order chi connectivity index (χ0) is 23.2. The van der Waals surface area contributed by atoms with E-state index in [2.05, 4.69) is 32.0 Å². The van der Waals surface area contributed by atoms with Gasteiger partial charge < -0.3 is 29.0 Å². The first-order valence-corrected chi connectivity index (χ1v) is 11.5. The van der Waals surface area contributed by atoms with Crippen LogP contribution in [0.3, 0.4) is 0 Å². The van der Waals surface area contributed by atoms with E-state index < -0.39 is 0 Å². The summed E-state index contributed by atoms with van der Waals surface area (Å²) in [7, 11) is 3.34. The molecule has 1 aliphatic heterocycles. The van der Waals surface area contributed by atoms with Crippen LogP contribution >= 0.6 is 23.8 Å². The lowest BCUT2D eigenvalue weighted by molar-refractivity contribution is 0.146. The van der Waals surface area contributed by atoms with Gasteiger partial charge in [0.1, 0.15) is 18.4 Å². The number of halogens is 1. The lowest BCUT2D eigenvalue weighted by atomic mass is 10.0. The molecule has 0 bridgehead atoms. The van der Waals surface area contributed by atoms with Gasteiger partial charge in [0, 0.05) is 44.5 Å². The minimum absolute atomic E-state index is 0.129. The molecule has 7 nitrogen and oxygen atoms in total. The van der Waals surface area contributed by atoms with Gasteiger partial charge in [-0.1, -0.05) is 17.7 Å². The van der Waals surface area contributed by atoms with Crippen LogP contribution in [0.4, 0.5) is 5.69 Å². The Hall–Kier alpha value is -2.65. The summed E-state index contributed by atoms with van der Waals surface area (Å²) in [4.78, 5) is 6.70. The minimum Gasteiger partial charge on any atom is -0.490 e. The third kappa shape index (κ3) is 5.14. The third-order valence-electron chi connectivity index (χ3n) is 5.54. The number of hydrogen-bond acceptors (Lipinski definition) is 5. The molecular formula is C24H27ClN4O3S. The van der Waals surface area contributed by atoms with Gasteiger partial charge in [0.2, 0.25) is 0 Å². The number of ether oxygens (including phenoxy) is 3. The van der Waals surface area contributed by atoms with Crippen LogP contribution in [-0.2, 0) is 16.0 Å². The molecule has 2 atom stereocenters. The molecule has 3 heterocycles. The topological polar surface area (TPSA) is 60.8 Å². The van der Waals surface area contributed by atoms with E-state index in [1.54, 1.807) is 20.4 Å². The number of nitrogens with one attached hydrogen (secondary N) is 1. The second-order valence-corrected chi connectivity index (χ2v) is 8.37. The van der Waals surface area contributed by atoms with E-state index in [4.69, 9.17) is 38.0 Å². The fraction of sp³-hybridized carbons (Fsp3) is 0.333. The highest BCUT2D eigenvalue weighted by Crippen LogP contribution is 2.43. The van der Waals surface area contributed by atoms with Crippen molar-refractivity contribution < 1.29 is 14.2 Å². The van der Waals surface area contributed by atoms with Crippen LogP contribution in [0.5, 0.6) is 5.75 Å². The molecule has 0 spiro atoms. The molecule has 4 rings (SSSR count). The Kier molecular flexibility index (Phi) is 7.82. The summed E-state index contributed by atoms with van der Waals surface area (Å²) in [5, 5.41) is 4.60. The van der Waals surface area contributed by atoms with Crippen molar-refractivity contribution in [3.63, 3.8) is 0 Å². The summed E-state index contributed by atoms with van der Waals surface area (Å²) in [6, 6.07) is 15.5. The minimum atomic E-state index is -0.133. The third-order valence-corrected chi connectivity index (χ3v) is 6.15. The molecule has 2 unspecified atom stereocenters. The first kappa shape index (κ1) is 23.5. The Labute approximate surface area is 204 Å². The zero-order valence-corrected chi connectivity index (χ0v) is 20.2. The van der Waals surface area contributed by atoms with Crippen LogP contribution in [0, 0.1) is 0 Å². The second kappa shape index (κ2) is 11.0. The van der Waals surface area contributed by atoms with E-state index in [0.29, 0.717) is 35.7 Å². The Morgan fingerprint density at radius 2 is 1.91 bits per heavy atom. The molecule has 1 fully saturated rings. The van der Waals surface area contributed by atoms with Crippen molar-refractivity contribution in [1.82, 2.24) is 14.9 Å². The Morgan fingerprint density at radius 1 is 1.06 bits per heavy atom. The predicted molar refractivity (Wildman–Crippen MR) is 133 cm³/mol. The largest absolute Gasteiger partial charge is 0.490 e. The number of nitrogens with zero attached hydrogens (tertiary/aromatic N) is 3. The van der Waals surface area contributed by atoms with Crippen molar-refractivity contribution in [2.24, 2.45) is 0 Å². The molecule has 2 aromatic heterocycles. The van der Waals surface area contributed by atoms with Gasteiger partial charge in [0.25, 0.3) is 0 Å². The maximum absolute atomic E-state index is 6.57. The first-order chi connectivity index (χ1) is 16.1. The average molecular weight is 487 g/mol. The Bertz CT molecular complexity index is 1080. The number of thiocarbonyl (C=S) groups is 1. The SMILES string of the molecule is COCCOc1ccc(N2C(=S)NC(c3ccccn3)C2c2cccn2CCOC)cc1Cl. The van der Waals surface area contributed by atoms with Crippen LogP contribution < -0.4 is 15.0 Å². The molecule has 1 aromatic carbocycles. The fourth-order valence-corrected chi connectivity index (χ4v) is 4.59. The first-order valence-electron chi connectivity index (χ1n) is 10.7. The lowest BCUT2D eigenvalue weighted by Crippen LogP contribution is -2.30. The number of anilines is 1. The van der Waals surface area contributed by atoms with E-state index in [0.717, 1.165) is 23.6 Å². The monoisotopic (exact) mass is 486 g/mol. The highest BCUT2D eigenvalue weighted by molar-refractivity contribution is 7.80. The number of rotatable bonds is 10. The van der Waals surface area contributed by atoms with Gasteiger partial charge in [-0.3, -0.25) is 4.98 Å². The van der Waals surface area contributed by atoms with Crippen molar-refractivity contribution in [3.8, 4) is 5.75 Å². The van der Waals surface area contributed by atoms with Crippen molar-refractivity contribution in [2.45, 2.75) is 18.6 Å². The molecule has 1 N–H and O–H groups in total. The van der Waals surface area contributed by atoms with Crippen molar-refractivity contribution in [3.05, 3.63) is 77.3 Å². The number of pyridine rings is 1. The van der Waals surface area contributed by atoms with E-state index in [1.807, 2.05) is 42.5 Å². The van der Waals surface area contributed by atoms with Gasteiger partial charge in [-0.15, -0.1) is 0 Å². The number of methoxy groups -OCH3 is 2. The maximum Gasteiger partial charge on any atom is 0.174 e. The summed E-state index contributed by atoms with van der Waals surface area (Å²) >= 11 is 12.4. The van der Waals surface area contributed by atoms with Gasteiger partial charge in [0.05, 0.1) is 30.0 Å². The summed E-state index contributed by atoms with van der Waals surface area (Å²) in [5.41, 5.74) is 2.89. The van der Waals surface area contributed by atoms with Gasteiger partial charge >= 0.3 is 0 Å². The summed E-state index contributed by atoms with van der Waals surface area (Å²) < 4.78 is 18.3. The number of hydrogen-bond donors (Lipinski definition) is 1. The maximum atomic E-state index is 6.57. The molecule has 1 saturated heterocycles. The smallest absolute Gasteiger partial charge is 0.174 e. The van der Waals surface area contributed by atoms with Crippen molar-refractivity contribution in [1.29, 1.82) is 0 Å². The highest BCUT2D eigenvalue weighted by atomic mass is 35.5. The molecular weight excluding hydrogens is 460 g/mol. The molecule has 174 valence electrons. The normalized spacial score (nSPS) is 17.9. The van der Waals surface area contributed by atoms with E-state index in [9.17, 15) is 0 Å². The van der Waals surface area contributed by atoms with Gasteiger partial charge in [-0.25, -0.2) is 0 Å². The van der Waals surface area contributed by atoms with Crippen LogP contribution in [-0.4, -0.2) is 48.7 Å². The highest BCUT2D eigenvalue weighted by Gasteiger charge is 2.42. The Balaban J connectivity index is 1.72.